The molecular formula is C9H17NO3. The van der Waals surface area contributed by atoms with E-state index in [4.69, 9.17) is 9.47 Å². The highest BCUT2D eigenvalue weighted by atomic mass is 16.7. The highest BCUT2D eigenvalue weighted by molar-refractivity contribution is 5.78. The van der Waals surface area contributed by atoms with Crippen LogP contribution in [-0.2, 0) is 14.3 Å². The Hall–Kier alpha value is -0.610. The molecule has 1 rings (SSSR count). The van der Waals surface area contributed by atoms with E-state index in [0.717, 1.165) is 6.42 Å². The molecule has 1 amide bonds. The summed E-state index contributed by atoms with van der Waals surface area (Å²) in [7, 11) is 0. The molecule has 1 fully saturated rings. The van der Waals surface area contributed by atoms with E-state index < -0.39 is 0 Å². The molecular weight excluding hydrogens is 170 g/mol. The SMILES string of the molecule is CCOC(OCC)[C@@H]1CCC(=O)N1. The normalized spacial score (nSPS) is 22.4. The number of hydrogen-bond donors (Lipinski definition) is 1. The summed E-state index contributed by atoms with van der Waals surface area (Å²) in [5.74, 6) is 0.0920. The van der Waals surface area contributed by atoms with E-state index in [-0.39, 0.29) is 18.2 Å². The molecule has 13 heavy (non-hydrogen) atoms. The van der Waals surface area contributed by atoms with Crippen LogP contribution in [0.3, 0.4) is 0 Å². The van der Waals surface area contributed by atoms with Gasteiger partial charge < -0.3 is 14.8 Å². The first kappa shape index (κ1) is 10.5. The van der Waals surface area contributed by atoms with Crippen LogP contribution in [-0.4, -0.2) is 31.5 Å². The molecule has 1 saturated heterocycles. The van der Waals surface area contributed by atoms with Gasteiger partial charge in [0, 0.05) is 19.6 Å². The summed E-state index contributed by atoms with van der Waals surface area (Å²) in [6, 6.07) is 0.0346. The van der Waals surface area contributed by atoms with E-state index in [1.54, 1.807) is 0 Å². The molecule has 1 aliphatic heterocycles. The molecule has 0 unspecified atom stereocenters. The quantitative estimate of drug-likeness (QED) is 0.643. The number of carbonyl (C=O) groups is 1. The van der Waals surface area contributed by atoms with Crippen molar-refractivity contribution >= 4 is 5.91 Å². The second-order valence-electron chi connectivity index (χ2n) is 2.99. The minimum atomic E-state index is -0.276. The zero-order valence-corrected chi connectivity index (χ0v) is 8.21. The first-order valence-electron chi connectivity index (χ1n) is 4.80. The van der Waals surface area contributed by atoms with Crippen LogP contribution in [0.4, 0.5) is 0 Å². The molecule has 76 valence electrons. The van der Waals surface area contributed by atoms with Crippen LogP contribution in [0.5, 0.6) is 0 Å². The highest BCUT2D eigenvalue weighted by Gasteiger charge is 2.29. The highest BCUT2D eigenvalue weighted by Crippen LogP contribution is 2.14. The lowest BCUT2D eigenvalue weighted by Crippen LogP contribution is -2.40. The number of carbonyl (C=O) groups excluding carboxylic acids is 1. The molecule has 0 aromatic carbocycles. The molecule has 0 aliphatic carbocycles. The standard InChI is InChI=1S/C9H17NO3/c1-3-12-9(13-4-2)7-5-6-8(11)10-7/h7,9H,3-6H2,1-2H3,(H,10,11)/t7-/m0/s1. The zero-order chi connectivity index (χ0) is 9.68. The predicted octanol–water partition coefficient (Wildman–Crippen LogP) is 0.664. The Morgan fingerprint density at radius 3 is 2.46 bits per heavy atom. The fourth-order valence-electron chi connectivity index (χ4n) is 1.45. The van der Waals surface area contributed by atoms with Crippen LogP contribution >= 0.6 is 0 Å². The van der Waals surface area contributed by atoms with Crippen LogP contribution in [0.15, 0.2) is 0 Å². The van der Waals surface area contributed by atoms with Crippen molar-refractivity contribution in [3.63, 3.8) is 0 Å². The number of hydrogen-bond acceptors (Lipinski definition) is 3. The monoisotopic (exact) mass is 187 g/mol. The third-order valence-corrected chi connectivity index (χ3v) is 2.02. The zero-order valence-electron chi connectivity index (χ0n) is 8.21. The molecule has 1 aliphatic rings. The first-order valence-corrected chi connectivity index (χ1v) is 4.80. The molecule has 0 spiro atoms. The number of amides is 1. The van der Waals surface area contributed by atoms with E-state index in [0.29, 0.717) is 19.6 Å². The Kier molecular flexibility index (Phi) is 4.18. The van der Waals surface area contributed by atoms with Gasteiger partial charge in [-0.25, -0.2) is 0 Å². The lowest BCUT2D eigenvalue weighted by atomic mass is 10.2. The molecule has 1 atom stereocenters. The van der Waals surface area contributed by atoms with Crippen molar-refractivity contribution in [2.75, 3.05) is 13.2 Å². The number of nitrogens with one attached hydrogen (secondary N) is 1. The van der Waals surface area contributed by atoms with Gasteiger partial charge in [-0.15, -0.1) is 0 Å². The van der Waals surface area contributed by atoms with Crippen molar-refractivity contribution in [3.8, 4) is 0 Å². The summed E-state index contributed by atoms with van der Waals surface area (Å²) >= 11 is 0. The van der Waals surface area contributed by atoms with E-state index in [2.05, 4.69) is 5.32 Å². The van der Waals surface area contributed by atoms with Gasteiger partial charge in [0.25, 0.3) is 0 Å². The molecule has 4 nitrogen and oxygen atoms in total. The van der Waals surface area contributed by atoms with Gasteiger partial charge in [0.1, 0.15) is 0 Å². The minimum absolute atomic E-state index is 0.0346. The summed E-state index contributed by atoms with van der Waals surface area (Å²) in [4.78, 5) is 10.9. The van der Waals surface area contributed by atoms with Crippen molar-refractivity contribution < 1.29 is 14.3 Å². The van der Waals surface area contributed by atoms with E-state index in [1.807, 2.05) is 13.8 Å². The largest absolute Gasteiger partial charge is 0.351 e. The van der Waals surface area contributed by atoms with Gasteiger partial charge in [0.05, 0.1) is 6.04 Å². The van der Waals surface area contributed by atoms with Crippen molar-refractivity contribution in [1.82, 2.24) is 5.32 Å². The summed E-state index contributed by atoms with van der Waals surface area (Å²) in [6.07, 6.45) is 1.12. The maximum Gasteiger partial charge on any atom is 0.220 e. The van der Waals surface area contributed by atoms with Crippen molar-refractivity contribution in [2.45, 2.75) is 39.0 Å². The lowest BCUT2D eigenvalue weighted by molar-refractivity contribution is -0.153. The van der Waals surface area contributed by atoms with E-state index in [1.165, 1.54) is 0 Å². The summed E-state index contributed by atoms with van der Waals surface area (Å²) in [5.41, 5.74) is 0. The van der Waals surface area contributed by atoms with Crippen LogP contribution in [0.25, 0.3) is 0 Å². The van der Waals surface area contributed by atoms with Gasteiger partial charge in [-0.3, -0.25) is 4.79 Å². The topological polar surface area (TPSA) is 47.6 Å². The van der Waals surface area contributed by atoms with Gasteiger partial charge >= 0.3 is 0 Å². The van der Waals surface area contributed by atoms with Gasteiger partial charge in [-0.1, -0.05) is 0 Å². The Morgan fingerprint density at radius 2 is 2.08 bits per heavy atom. The third-order valence-electron chi connectivity index (χ3n) is 2.02. The van der Waals surface area contributed by atoms with Gasteiger partial charge in [-0.05, 0) is 20.3 Å². The van der Waals surface area contributed by atoms with Crippen LogP contribution in [0.2, 0.25) is 0 Å². The fraction of sp³-hybridized carbons (Fsp3) is 0.889. The molecule has 1 heterocycles. The first-order chi connectivity index (χ1) is 6.27. The molecule has 4 heteroatoms. The smallest absolute Gasteiger partial charge is 0.220 e. The maximum atomic E-state index is 10.9. The number of rotatable bonds is 5. The Morgan fingerprint density at radius 1 is 1.46 bits per heavy atom. The maximum absolute atomic E-state index is 10.9. The average Bonchev–Trinajstić information content (AvgIpc) is 2.51. The molecule has 0 aromatic rings. The van der Waals surface area contributed by atoms with Crippen molar-refractivity contribution in [3.05, 3.63) is 0 Å². The van der Waals surface area contributed by atoms with E-state index >= 15 is 0 Å². The van der Waals surface area contributed by atoms with E-state index in [9.17, 15) is 4.79 Å². The summed E-state index contributed by atoms with van der Waals surface area (Å²) in [5, 5.41) is 2.83. The molecule has 0 radical (unpaired) electrons. The third kappa shape index (κ3) is 2.97. The lowest BCUT2D eigenvalue weighted by Gasteiger charge is -2.22. The molecule has 0 aromatic heterocycles. The second-order valence-corrected chi connectivity index (χ2v) is 2.99. The minimum Gasteiger partial charge on any atom is -0.351 e. The van der Waals surface area contributed by atoms with Crippen molar-refractivity contribution in [1.29, 1.82) is 0 Å². The predicted molar refractivity (Wildman–Crippen MR) is 48.2 cm³/mol. The fourth-order valence-corrected chi connectivity index (χ4v) is 1.45. The van der Waals surface area contributed by atoms with Gasteiger partial charge in [0.15, 0.2) is 6.29 Å². The van der Waals surface area contributed by atoms with Crippen molar-refractivity contribution in [2.24, 2.45) is 0 Å². The van der Waals surface area contributed by atoms with Gasteiger partial charge in [0.2, 0.25) is 5.91 Å². The van der Waals surface area contributed by atoms with Crippen LogP contribution in [0, 0.1) is 0 Å². The Balaban J connectivity index is 2.39. The van der Waals surface area contributed by atoms with Gasteiger partial charge in [-0.2, -0.15) is 0 Å². The Bertz CT molecular complexity index is 166. The molecule has 0 bridgehead atoms. The Labute approximate surface area is 78.6 Å². The second kappa shape index (κ2) is 5.19. The summed E-state index contributed by atoms with van der Waals surface area (Å²) < 4.78 is 10.8. The van der Waals surface area contributed by atoms with Crippen LogP contribution in [0.1, 0.15) is 26.7 Å². The van der Waals surface area contributed by atoms with Crippen LogP contribution < -0.4 is 5.32 Å². The number of ether oxygens (including phenoxy) is 2. The average molecular weight is 187 g/mol. The molecule has 1 N–H and O–H groups in total. The summed E-state index contributed by atoms with van der Waals surface area (Å²) in [6.45, 7) is 5.06. The molecule has 0 saturated carbocycles.